The van der Waals surface area contributed by atoms with Crippen molar-refractivity contribution >= 4 is 5.95 Å². The highest BCUT2D eigenvalue weighted by Crippen LogP contribution is 2.29. The summed E-state index contributed by atoms with van der Waals surface area (Å²) in [4.78, 5) is 10.5. The van der Waals surface area contributed by atoms with Gasteiger partial charge in [0.2, 0.25) is 5.95 Å². The average molecular weight is 283 g/mol. The third-order valence-electron chi connectivity index (χ3n) is 3.09. The molecule has 106 valence electrons. The molecule has 0 amide bonds. The quantitative estimate of drug-likeness (QED) is 0.803. The van der Waals surface area contributed by atoms with Crippen LogP contribution in [0, 0.1) is 5.82 Å². The second-order valence-electron chi connectivity index (χ2n) is 4.80. The Morgan fingerprint density at radius 3 is 2.57 bits per heavy atom. The van der Waals surface area contributed by atoms with E-state index in [2.05, 4.69) is 20.2 Å². The van der Waals surface area contributed by atoms with Crippen molar-refractivity contribution in [2.24, 2.45) is 0 Å². The number of nitrogens with zero attached hydrogens (tertiary/aromatic N) is 4. The second kappa shape index (κ2) is 5.32. The van der Waals surface area contributed by atoms with Crippen LogP contribution in [0.5, 0.6) is 0 Å². The first-order valence-corrected chi connectivity index (χ1v) is 6.45. The summed E-state index contributed by atoms with van der Waals surface area (Å²) in [7, 11) is 3.77. The molecule has 1 aromatic carbocycles. The van der Waals surface area contributed by atoms with Gasteiger partial charge in [0.25, 0.3) is 0 Å². The second-order valence-corrected chi connectivity index (χ2v) is 4.80. The van der Waals surface area contributed by atoms with Gasteiger partial charge >= 0.3 is 0 Å². The van der Waals surface area contributed by atoms with Gasteiger partial charge in [0.1, 0.15) is 5.82 Å². The zero-order valence-electron chi connectivity index (χ0n) is 11.7. The summed E-state index contributed by atoms with van der Waals surface area (Å²) >= 11 is 0. The fourth-order valence-corrected chi connectivity index (χ4v) is 2.03. The molecule has 3 aromatic rings. The zero-order chi connectivity index (χ0) is 14.8. The van der Waals surface area contributed by atoms with Gasteiger partial charge < -0.3 is 4.90 Å². The van der Waals surface area contributed by atoms with Crippen LogP contribution < -0.4 is 4.90 Å². The SMILES string of the molecule is CN(C)c1nccc(-c2cn[nH]c2-c2ccc(F)cc2)n1. The number of nitrogens with one attached hydrogen (secondary N) is 1. The van der Waals surface area contributed by atoms with E-state index < -0.39 is 0 Å². The number of aromatic nitrogens is 4. The van der Waals surface area contributed by atoms with Crippen molar-refractivity contribution in [3.05, 3.63) is 48.5 Å². The molecular weight excluding hydrogens is 269 g/mol. The van der Waals surface area contributed by atoms with E-state index in [1.54, 1.807) is 24.5 Å². The number of rotatable bonds is 3. The number of H-pyrrole nitrogens is 1. The molecule has 0 aliphatic carbocycles. The van der Waals surface area contributed by atoms with E-state index >= 15 is 0 Å². The minimum absolute atomic E-state index is 0.267. The van der Waals surface area contributed by atoms with Gasteiger partial charge in [-0.15, -0.1) is 0 Å². The molecular formula is C15H14FN5. The Hall–Kier alpha value is -2.76. The minimum Gasteiger partial charge on any atom is -0.347 e. The van der Waals surface area contributed by atoms with Crippen LogP contribution in [0.15, 0.2) is 42.7 Å². The number of hydrogen-bond donors (Lipinski definition) is 1. The topological polar surface area (TPSA) is 57.7 Å². The molecule has 5 nitrogen and oxygen atoms in total. The van der Waals surface area contributed by atoms with Gasteiger partial charge in [-0.3, -0.25) is 5.10 Å². The van der Waals surface area contributed by atoms with E-state index in [1.807, 2.05) is 25.1 Å². The van der Waals surface area contributed by atoms with Crippen molar-refractivity contribution in [2.75, 3.05) is 19.0 Å². The standard InChI is InChI=1S/C15H14FN5/c1-21(2)15-17-8-7-13(19-15)12-9-18-20-14(12)10-3-5-11(16)6-4-10/h3-9H,1-2H3,(H,18,20). The Labute approximate surface area is 121 Å². The predicted octanol–water partition coefficient (Wildman–Crippen LogP) is 2.74. The summed E-state index contributed by atoms with van der Waals surface area (Å²) in [5, 5.41) is 7.02. The van der Waals surface area contributed by atoms with E-state index in [0.29, 0.717) is 5.95 Å². The van der Waals surface area contributed by atoms with Crippen LogP contribution in [0.2, 0.25) is 0 Å². The van der Waals surface area contributed by atoms with Gasteiger partial charge in [0, 0.05) is 31.4 Å². The molecule has 0 bridgehead atoms. The Kier molecular flexibility index (Phi) is 3.35. The average Bonchev–Trinajstić information content (AvgIpc) is 2.97. The van der Waals surface area contributed by atoms with Crippen LogP contribution in [-0.4, -0.2) is 34.3 Å². The molecule has 0 spiro atoms. The van der Waals surface area contributed by atoms with E-state index in [-0.39, 0.29) is 5.82 Å². The van der Waals surface area contributed by atoms with E-state index in [4.69, 9.17) is 0 Å². The van der Waals surface area contributed by atoms with Crippen molar-refractivity contribution < 1.29 is 4.39 Å². The van der Waals surface area contributed by atoms with Crippen LogP contribution in [0.3, 0.4) is 0 Å². The van der Waals surface area contributed by atoms with Gasteiger partial charge in [0.05, 0.1) is 17.6 Å². The summed E-state index contributed by atoms with van der Waals surface area (Å²) in [6, 6.07) is 8.09. The van der Waals surface area contributed by atoms with Crippen LogP contribution in [0.1, 0.15) is 0 Å². The lowest BCUT2D eigenvalue weighted by molar-refractivity contribution is 0.628. The highest BCUT2D eigenvalue weighted by atomic mass is 19.1. The number of aromatic amines is 1. The Morgan fingerprint density at radius 1 is 1.10 bits per heavy atom. The number of hydrogen-bond acceptors (Lipinski definition) is 4. The monoisotopic (exact) mass is 283 g/mol. The smallest absolute Gasteiger partial charge is 0.225 e. The van der Waals surface area contributed by atoms with Crippen LogP contribution in [-0.2, 0) is 0 Å². The predicted molar refractivity (Wildman–Crippen MR) is 79.3 cm³/mol. The molecule has 2 aromatic heterocycles. The Morgan fingerprint density at radius 2 is 1.86 bits per heavy atom. The molecule has 3 rings (SSSR count). The number of benzene rings is 1. The fourth-order valence-electron chi connectivity index (χ4n) is 2.03. The summed E-state index contributed by atoms with van der Waals surface area (Å²) in [5.74, 6) is 0.357. The highest BCUT2D eigenvalue weighted by molar-refractivity contribution is 5.78. The van der Waals surface area contributed by atoms with Crippen molar-refractivity contribution in [3.8, 4) is 22.5 Å². The molecule has 1 N–H and O–H groups in total. The first-order chi connectivity index (χ1) is 10.1. The third-order valence-corrected chi connectivity index (χ3v) is 3.09. The van der Waals surface area contributed by atoms with E-state index in [9.17, 15) is 4.39 Å². The molecule has 0 saturated heterocycles. The van der Waals surface area contributed by atoms with Crippen LogP contribution in [0.25, 0.3) is 22.5 Å². The lowest BCUT2D eigenvalue weighted by Crippen LogP contribution is -2.12. The van der Waals surface area contributed by atoms with Crippen molar-refractivity contribution in [2.45, 2.75) is 0 Å². The summed E-state index contributed by atoms with van der Waals surface area (Å²) in [5.41, 5.74) is 3.28. The van der Waals surface area contributed by atoms with Crippen molar-refractivity contribution in [3.63, 3.8) is 0 Å². The first kappa shape index (κ1) is 13.2. The van der Waals surface area contributed by atoms with Crippen molar-refractivity contribution in [1.29, 1.82) is 0 Å². The lowest BCUT2D eigenvalue weighted by atomic mass is 10.1. The van der Waals surface area contributed by atoms with Gasteiger partial charge in [-0.25, -0.2) is 14.4 Å². The maximum atomic E-state index is 13.0. The summed E-state index contributed by atoms with van der Waals surface area (Å²) < 4.78 is 13.0. The Balaban J connectivity index is 2.06. The van der Waals surface area contributed by atoms with Crippen LogP contribution in [0.4, 0.5) is 10.3 Å². The van der Waals surface area contributed by atoms with Gasteiger partial charge in [0.15, 0.2) is 0 Å². The third kappa shape index (κ3) is 2.60. The zero-order valence-corrected chi connectivity index (χ0v) is 11.7. The molecule has 2 heterocycles. The van der Waals surface area contributed by atoms with E-state index in [1.165, 1.54) is 12.1 Å². The van der Waals surface area contributed by atoms with E-state index in [0.717, 1.165) is 22.5 Å². The molecule has 0 unspecified atom stereocenters. The highest BCUT2D eigenvalue weighted by Gasteiger charge is 2.12. The fraction of sp³-hybridized carbons (Fsp3) is 0.133. The molecule has 0 aliphatic rings. The van der Waals surface area contributed by atoms with Crippen LogP contribution >= 0.6 is 0 Å². The lowest BCUT2D eigenvalue weighted by Gasteiger charge is -2.10. The normalized spacial score (nSPS) is 10.6. The molecule has 0 saturated carbocycles. The Bertz CT molecular complexity index is 749. The maximum absolute atomic E-state index is 13.0. The first-order valence-electron chi connectivity index (χ1n) is 6.45. The van der Waals surface area contributed by atoms with Gasteiger partial charge in [-0.2, -0.15) is 5.10 Å². The maximum Gasteiger partial charge on any atom is 0.225 e. The molecule has 0 atom stereocenters. The molecule has 21 heavy (non-hydrogen) atoms. The number of halogens is 1. The molecule has 0 fully saturated rings. The van der Waals surface area contributed by atoms with Gasteiger partial charge in [-0.05, 0) is 30.3 Å². The molecule has 0 radical (unpaired) electrons. The largest absolute Gasteiger partial charge is 0.347 e. The molecule has 6 heteroatoms. The van der Waals surface area contributed by atoms with Crippen molar-refractivity contribution in [1.82, 2.24) is 20.2 Å². The number of anilines is 1. The van der Waals surface area contributed by atoms with Gasteiger partial charge in [-0.1, -0.05) is 0 Å². The summed E-state index contributed by atoms with van der Waals surface area (Å²) in [6.07, 6.45) is 3.42. The molecule has 0 aliphatic heterocycles. The minimum atomic E-state index is -0.267. The summed E-state index contributed by atoms with van der Waals surface area (Å²) in [6.45, 7) is 0.